The lowest BCUT2D eigenvalue weighted by Crippen LogP contribution is -2.19. The maximum absolute atomic E-state index is 13.2. The first-order chi connectivity index (χ1) is 8.08. The largest absolute Gasteiger partial charge is 0.388 e. The summed E-state index contributed by atoms with van der Waals surface area (Å²) in [5.74, 6) is 0.933. The molecule has 1 N–H and O–H groups in total. The van der Waals surface area contributed by atoms with Crippen LogP contribution in [0.5, 0.6) is 0 Å². The molecule has 0 bridgehead atoms. The molecule has 0 spiro atoms. The predicted octanol–water partition coefficient (Wildman–Crippen LogP) is 3.99. The van der Waals surface area contributed by atoms with Crippen molar-refractivity contribution in [3.63, 3.8) is 0 Å². The van der Waals surface area contributed by atoms with E-state index >= 15 is 0 Å². The van der Waals surface area contributed by atoms with E-state index in [9.17, 15) is 9.50 Å². The van der Waals surface area contributed by atoms with E-state index in [2.05, 4.69) is 6.92 Å². The number of halogens is 1. The van der Waals surface area contributed by atoms with Crippen molar-refractivity contribution in [1.29, 1.82) is 0 Å². The third kappa shape index (κ3) is 2.86. The van der Waals surface area contributed by atoms with Crippen molar-refractivity contribution in [3.05, 3.63) is 35.1 Å². The summed E-state index contributed by atoms with van der Waals surface area (Å²) in [6.07, 6.45) is 4.13. The topological polar surface area (TPSA) is 20.2 Å². The lowest BCUT2D eigenvalue weighted by molar-refractivity contribution is 0.0754. The summed E-state index contributed by atoms with van der Waals surface area (Å²) < 4.78 is 13.2. The first kappa shape index (κ1) is 12.6. The molecule has 0 radical (unpaired) electrons. The van der Waals surface area contributed by atoms with Crippen LogP contribution in [0, 0.1) is 24.6 Å². The van der Waals surface area contributed by atoms with Crippen LogP contribution in [0.15, 0.2) is 18.2 Å². The quantitative estimate of drug-likeness (QED) is 0.823. The van der Waals surface area contributed by atoms with E-state index in [4.69, 9.17) is 0 Å². The molecule has 1 aliphatic rings. The Kier molecular flexibility index (Phi) is 3.82. The van der Waals surface area contributed by atoms with Gasteiger partial charge in [-0.25, -0.2) is 4.39 Å². The Bertz CT molecular complexity index is 381. The molecule has 17 heavy (non-hydrogen) atoms. The number of hydrogen-bond acceptors (Lipinski definition) is 1. The molecule has 1 aromatic rings. The zero-order valence-corrected chi connectivity index (χ0v) is 10.6. The minimum absolute atomic E-state index is 0.196. The van der Waals surface area contributed by atoms with E-state index in [0.29, 0.717) is 11.5 Å². The van der Waals surface area contributed by atoms with Gasteiger partial charge in [-0.1, -0.05) is 31.9 Å². The first-order valence-electron chi connectivity index (χ1n) is 6.52. The van der Waals surface area contributed by atoms with Gasteiger partial charge in [-0.05, 0) is 48.8 Å². The van der Waals surface area contributed by atoms with Crippen LogP contribution >= 0.6 is 0 Å². The number of rotatable bonds is 2. The zero-order chi connectivity index (χ0) is 12.4. The van der Waals surface area contributed by atoms with E-state index < -0.39 is 6.10 Å². The van der Waals surface area contributed by atoms with E-state index in [-0.39, 0.29) is 5.82 Å². The summed E-state index contributed by atoms with van der Waals surface area (Å²) in [6, 6.07) is 4.95. The van der Waals surface area contributed by atoms with Crippen molar-refractivity contribution in [3.8, 4) is 0 Å². The van der Waals surface area contributed by atoms with Crippen molar-refractivity contribution in [2.45, 2.75) is 45.6 Å². The van der Waals surface area contributed by atoms with Crippen molar-refractivity contribution in [1.82, 2.24) is 0 Å². The highest BCUT2D eigenvalue weighted by Gasteiger charge is 2.25. The second-order valence-electron chi connectivity index (χ2n) is 5.47. The summed E-state index contributed by atoms with van der Waals surface area (Å²) in [5.41, 5.74) is 1.48. The van der Waals surface area contributed by atoms with Gasteiger partial charge in [-0.2, -0.15) is 0 Å². The van der Waals surface area contributed by atoms with Crippen LogP contribution < -0.4 is 0 Å². The minimum atomic E-state index is -0.429. The molecule has 1 unspecified atom stereocenters. The lowest BCUT2D eigenvalue weighted by atomic mass is 9.78. The van der Waals surface area contributed by atoms with Crippen molar-refractivity contribution in [2.75, 3.05) is 0 Å². The molecule has 2 heteroatoms. The summed E-state index contributed by atoms with van der Waals surface area (Å²) in [7, 11) is 0. The second kappa shape index (κ2) is 5.18. The standard InChI is InChI=1S/C15H21FO/c1-10-3-5-12(6-4-10)15(17)13-7-8-14(16)11(2)9-13/h7-10,12,15,17H,3-6H2,1-2H3. The van der Waals surface area contributed by atoms with Gasteiger partial charge in [0.2, 0.25) is 0 Å². The number of benzene rings is 1. The highest BCUT2D eigenvalue weighted by atomic mass is 19.1. The molecule has 1 fully saturated rings. The first-order valence-corrected chi connectivity index (χ1v) is 6.52. The van der Waals surface area contributed by atoms with E-state index in [1.807, 2.05) is 0 Å². The van der Waals surface area contributed by atoms with E-state index in [1.165, 1.54) is 18.9 Å². The number of aliphatic hydroxyl groups excluding tert-OH is 1. The Morgan fingerprint density at radius 1 is 1.24 bits per heavy atom. The summed E-state index contributed by atoms with van der Waals surface area (Å²) >= 11 is 0. The van der Waals surface area contributed by atoms with Gasteiger partial charge in [-0.3, -0.25) is 0 Å². The molecule has 1 aliphatic carbocycles. The Hall–Kier alpha value is -0.890. The van der Waals surface area contributed by atoms with Crippen LogP contribution in [0.4, 0.5) is 4.39 Å². The molecule has 0 saturated heterocycles. The normalized spacial score (nSPS) is 26.8. The molecular weight excluding hydrogens is 215 g/mol. The SMILES string of the molecule is Cc1cc(C(O)C2CCC(C)CC2)ccc1F. The fourth-order valence-electron chi connectivity index (χ4n) is 2.73. The Morgan fingerprint density at radius 2 is 1.88 bits per heavy atom. The summed E-state index contributed by atoms with van der Waals surface area (Å²) in [4.78, 5) is 0. The highest BCUT2D eigenvalue weighted by Crippen LogP contribution is 2.36. The fourth-order valence-corrected chi connectivity index (χ4v) is 2.73. The van der Waals surface area contributed by atoms with Gasteiger partial charge in [0, 0.05) is 0 Å². The molecule has 1 atom stereocenters. The minimum Gasteiger partial charge on any atom is -0.388 e. The monoisotopic (exact) mass is 236 g/mol. The third-order valence-electron chi connectivity index (χ3n) is 4.03. The van der Waals surface area contributed by atoms with Crippen molar-refractivity contribution >= 4 is 0 Å². The molecule has 0 aliphatic heterocycles. The maximum Gasteiger partial charge on any atom is 0.126 e. The molecule has 94 valence electrons. The highest BCUT2D eigenvalue weighted by molar-refractivity contribution is 5.26. The molecule has 1 saturated carbocycles. The van der Waals surface area contributed by atoms with E-state index in [1.54, 1.807) is 19.1 Å². The maximum atomic E-state index is 13.2. The Balaban J connectivity index is 2.08. The Labute approximate surface area is 103 Å². The van der Waals surface area contributed by atoms with Gasteiger partial charge < -0.3 is 5.11 Å². The molecule has 0 heterocycles. The third-order valence-corrected chi connectivity index (χ3v) is 4.03. The van der Waals surface area contributed by atoms with Gasteiger partial charge >= 0.3 is 0 Å². The molecule has 0 aromatic heterocycles. The molecular formula is C15H21FO. The Morgan fingerprint density at radius 3 is 2.47 bits per heavy atom. The van der Waals surface area contributed by atoms with Crippen LogP contribution in [-0.2, 0) is 0 Å². The molecule has 0 amide bonds. The molecule has 2 rings (SSSR count). The lowest BCUT2D eigenvalue weighted by Gasteiger charge is -2.30. The van der Waals surface area contributed by atoms with Crippen molar-refractivity contribution in [2.24, 2.45) is 11.8 Å². The van der Waals surface area contributed by atoms with E-state index in [0.717, 1.165) is 24.3 Å². The smallest absolute Gasteiger partial charge is 0.126 e. The molecule has 1 aromatic carbocycles. The van der Waals surface area contributed by atoms with Gasteiger partial charge in [0.15, 0.2) is 0 Å². The number of aliphatic hydroxyl groups is 1. The average Bonchev–Trinajstić information content (AvgIpc) is 2.33. The summed E-state index contributed by atoms with van der Waals surface area (Å²) in [6.45, 7) is 4.01. The second-order valence-corrected chi connectivity index (χ2v) is 5.47. The van der Waals surface area contributed by atoms with Crippen LogP contribution in [0.3, 0.4) is 0 Å². The van der Waals surface area contributed by atoms with Gasteiger partial charge in [0.25, 0.3) is 0 Å². The molecule has 1 nitrogen and oxygen atoms in total. The van der Waals surface area contributed by atoms with Gasteiger partial charge in [-0.15, -0.1) is 0 Å². The zero-order valence-electron chi connectivity index (χ0n) is 10.6. The fraction of sp³-hybridized carbons (Fsp3) is 0.600. The van der Waals surface area contributed by atoms with Crippen LogP contribution in [0.1, 0.15) is 49.8 Å². The number of hydrogen-bond donors (Lipinski definition) is 1. The number of aryl methyl sites for hydroxylation is 1. The van der Waals surface area contributed by atoms with Crippen LogP contribution in [0.2, 0.25) is 0 Å². The van der Waals surface area contributed by atoms with Crippen LogP contribution in [0.25, 0.3) is 0 Å². The predicted molar refractivity (Wildman–Crippen MR) is 67.2 cm³/mol. The van der Waals surface area contributed by atoms with Crippen LogP contribution in [-0.4, -0.2) is 5.11 Å². The average molecular weight is 236 g/mol. The van der Waals surface area contributed by atoms with Gasteiger partial charge in [0.1, 0.15) is 5.82 Å². The van der Waals surface area contributed by atoms with Gasteiger partial charge in [0.05, 0.1) is 6.10 Å². The summed E-state index contributed by atoms with van der Waals surface area (Å²) in [5, 5.41) is 10.3. The van der Waals surface area contributed by atoms with Crippen molar-refractivity contribution < 1.29 is 9.50 Å².